The Labute approximate surface area is 135 Å². The molecule has 1 atom stereocenters. The fourth-order valence-electron chi connectivity index (χ4n) is 3.35. The van der Waals surface area contributed by atoms with Gasteiger partial charge in [-0.1, -0.05) is 42.5 Å². The third-order valence-electron chi connectivity index (χ3n) is 4.55. The highest BCUT2D eigenvalue weighted by Crippen LogP contribution is 2.34. The average molecular weight is 308 g/mol. The maximum absolute atomic E-state index is 12.9. The summed E-state index contributed by atoms with van der Waals surface area (Å²) in [6.45, 7) is 2.73. The van der Waals surface area contributed by atoms with Crippen molar-refractivity contribution in [1.29, 1.82) is 0 Å². The fourth-order valence-corrected chi connectivity index (χ4v) is 3.73. The van der Waals surface area contributed by atoms with Crippen molar-refractivity contribution in [2.45, 2.75) is 25.9 Å². The first kappa shape index (κ1) is 13.5. The molecule has 2 aliphatic rings. The molecule has 110 valence electrons. The van der Waals surface area contributed by atoms with Crippen molar-refractivity contribution in [3.05, 3.63) is 65.2 Å². The van der Waals surface area contributed by atoms with Gasteiger partial charge in [0.2, 0.25) is 0 Å². The highest BCUT2D eigenvalue weighted by Gasteiger charge is 2.45. The Hall–Kier alpha value is -2.20. The summed E-state index contributed by atoms with van der Waals surface area (Å²) in [6.07, 6.45) is 0.734. The number of rotatable bonds is 1. The van der Waals surface area contributed by atoms with E-state index in [1.807, 2.05) is 43.3 Å². The van der Waals surface area contributed by atoms with Gasteiger partial charge >= 0.3 is 0 Å². The number of carbonyl (C=O) groups excluding carboxylic acids is 1. The number of aryl methyl sites for hydroxylation is 1. The van der Waals surface area contributed by atoms with Gasteiger partial charge in [0.1, 0.15) is 6.04 Å². The lowest BCUT2D eigenvalue weighted by molar-refractivity contribution is -0.120. The van der Waals surface area contributed by atoms with Crippen LogP contribution in [0.3, 0.4) is 0 Å². The molecule has 3 nitrogen and oxygen atoms in total. The number of thiocarbonyl (C=S) groups is 1. The zero-order valence-electron chi connectivity index (χ0n) is 12.3. The molecule has 2 aromatic rings. The molecule has 0 saturated carbocycles. The molecular weight excluding hydrogens is 292 g/mol. The van der Waals surface area contributed by atoms with Crippen LogP contribution in [-0.2, 0) is 17.8 Å². The van der Waals surface area contributed by atoms with E-state index in [4.69, 9.17) is 12.2 Å². The Kier molecular flexibility index (Phi) is 3.01. The standard InChI is InChI=1S/C18H16N2OS/c1-12-6-2-5-9-15(12)20-17(21)16-10-13-7-3-4-8-14(13)11-19(16)18(20)22/h2-9,16H,10-11H2,1H3/t16-/m1/s1. The van der Waals surface area contributed by atoms with E-state index in [1.165, 1.54) is 11.1 Å². The van der Waals surface area contributed by atoms with Gasteiger partial charge in [0.15, 0.2) is 5.11 Å². The van der Waals surface area contributed by atoms with Gasteiger partial charge < -0.3 is 4.90 Å². The summed E-state index contributed by atoms with van der Waals surface area (Å²) in [5.74, 6) is 0.0915. The van der Waals surface area contributed by atoms with Crippen LogP contribution in [-0.4, -0.2) is 22.0 Å². The maximum atomic E-state index is 12.9. The summed E-state index contributed by atoms with van der Waals surface area (Å²) in [4.78, 5) is 16.7. The zero-order chi connectivity index (χ0) is 15.3. The highest BCUT2D eigenvalue weighted by atomic mass is 32.1. The number of benzene rings is 2. The molecule has 22 heavy (non-hydrogen) atoms. The molecule has 0 N–H and O–H groups in total. The van der Waals surface area contributed by atoms with Crippen molar-refractivity contribution in [1.82, 2.24) is 4.90 Å². The van der Waals surface area contributed by atoms with Crippen molar-refractivity contribution in [2.75, 3.05) is 4.90 Å². The van der Waals surface area contributed by atoms with E-state index >= 15 is 0 Å². The third-order valence-corrected chi connectivity index (χ3v) is 4.96. The first-order chi connectivity index (χ1) is 10.7. The van der Waals surface area contributed by atoms with Crippen LogP contribution in [0.15, 0.2) is 48.5 Å². The van der Waals surface area contributed by atoms with Gasteiger partial charge in [0, 0.05) is 13.0 Å². The molecule has 1 amide bonds. The minimum Gasteiger partial charge on any atom is -0.332 e. The topological polar surface area (TPSA) is 23.6 Å². The number of anilines is 1. The monoisotopic (exact) mass is 308 g/mol. The van der Waals surface area contributed by atoms with Gasteiger partial charge in [0.25, 0.3) is 5.91 Å². The number of amides is 1. The van der Waals surface area contributed by atoms with Crippen molar-refractivity contribution in [2.24, 2.45) is 0 Å². The predicted molar refractivity (Wildman–Crippen MR) is 90.7 cm³/mol. The summed E-state index contributed by atoms with van der Waals surface area (Å²) in [5.41, 5.74) is 4.48. The Morgan fingerprint density at radius 1 is 1.05 bits per heavy atom. The van der Waals surface area contributed by atoms with Crippen LogP contribution in [0.25, 0.3) is 0 Å². The van der Waals surface area contributed by atoms with Crippen molar-refractivity contribution >= 4 is 28.9 Å². The third kappa shape index (κ3) is 1.87. The van der Waals surface area contributed by atoms with Crippen molar-refractivity contribution in [3.8, 4) is 0 Å². The first-order valence-electron chi connectivity index (χ1n) is 7.44. The molecule has 0 spiro atoms. The van der Waals surface area contributed by atoms with E-state index in [9.17, 15) is 4.79 Å². The average Bonchev–Trinajstić information content (AvgIpc) is 2.77. The lowest BCUT2D eigenvalue weighted by Crippen LogP contribution is -2.39. The van der Waals surface area contributed by atoms with E-state index in [-0.39, 0.29) is 11.9 Å². The smallest absolute Gasteiger partial charge is 0.256 e. The molecule has 0 unspecified atom stereocenters. The van der Waals surface area contributed by atoms with Crippen LogP contribution in [0.4, 0.5) is 5.69 Å². The molecular formula is C18H16N2OS. The summed E-state index contributed by atoms with van der Waals surface area (Å²) < 4.78 is 0. The summed E-state index contributed by atoms with van der Waals surface area (Å²) in [7, 11) is 0. The molecule has 0 aromatic heterocycles. The minimum absolute atomic E-state index is 0.0915. The zero-order valence-corrected chi connectivity index (χ0v) is 13.1. The van der Waals surface area contributed by atoms with Crippen molar-refractivity contribution in [3.63, 3.8) is 0 Å². The maximum Gasteiger partial charge on any atom is 0.256 e. The Balaban J connectivity index is 1.75. The quantitative estimate of drug-likeness (QED) is 0.757. The van der Waals surface area contributed by atoms with E-state index in [0.717, 1.165) is 17.7 Å². The number of carbonyl (C=O) groups is 1. The Morgan fingerprint density at radius 2 is 1.73 bits per heavy atom. The molecule has 2 heterocycles. The van der Waals surface area contributed by atoms with Gasteiger partial charge in [-0.25, -0.2) is 0 Å². The Bertz CT molecular complexity index is 743. The fraction of sp³-hybridized carbons (Fsp3) is 0.222. The van der Waals surface area contributed by atoms with Gasteiger partial charge in [-0.2, -0.15) is 0 Å². The van der Waals surface area contributed by atoms with Crippen LogP contribution in [0.2, 0.25) is 0 Å². The molecule has 0 aliphatic carbocycles. The van der Waals surface area contributed by atoms with E-state index in [2.05, 4.69) is 17.0 Å². The molecule has 1 fully saturated rings. The largest absolute Gasteiger partial charge is 0.332 e. The summed E-state index contributed by atoms with van der Waals surface area (Å²) >= 11 is 5.62. The molecule has 4 heteroatoms. The minimum atomic E-state index is -0.165. The molecule has 0 radical (unpaired) electrons. The molecule has 0 bridgehead atoms. The second-order valence-corrected chi connectivity index (χ2v) is 6.22. The number of para-hydroxylation sites is 1. The molecule has 2 aliphatic heterocycles. The lowest BCUT2D eigenvalue weighted by atomic mass is 9.95. The van der Waals surface area contributed by atoms with Crippen LogP contribution >= 0.6 is 12.2 Å². The van der Waals surface area contributed by atoms with E-state index in [0.29, 0.717) is 11.7 Å². The highest BCUT2D eigenvalue weighted by molar-refractivity contribution is 7.80. The SMILES string of the molecule is Cc1ccccc1N1C(=O)[C@H]2Cc3ccccc3CN2C1=S. The predicted octanol–water partition coefficient (Wildman–Crippen LogP) is 3.05. The normalized spacial score (nSPS) is 20.1. The van der Waals surface area contributed by atoms with Crippen molar-refractivity contribution < 1.29 is 4.79 Å². The van der Waals surface area contributed by atoms with E-state index < -0.39 is 0 Å². The second-order valence-electron chi connectivity index (χ2n) is 5.86. The van der Waals surface area contributed by atoms with Gasteiger partial charge in [-0.05, 0) is 41.9 Å². The molecule has 1 saturated heterocycles. The number of nitrogens with zero attached hydrogens (tertiary/aromatic N) is 2. The second kappa shape index (κ2) is 4.92. The van der Waals surface area contributed by atoms with Crippen LogP contribution < -0.4 is 4.90 Å². The lowest BCUT2D eigenvalue weighted by Gasteiger charge is -2.30. The number of fused-ring (bicyclic) bond motifs is 2. The van der Waals surface area contributed by atoms with Crippen LogP contribution in [0.1, 0.15) is 16.7 Å². The summed E-state index contributed by atoms with van der Waals surface area (Å²) in [6, 6.07) is 16.0. The number of hydrogen-bond donors (Lipinski definition) is 0. The summed E-state index contributed by atoms with van der Waals surface area (Å²) in [5, 5.41) is 0.624. The van der Waals surface area contributed by atoms with Crippen LogP contribution in [0, 0.1) is 6.92 Å². The first-order valence-corrected chi connectivity index (χ1v) is 7.84. The van der Waals surface area contributed by atoms with Crippen LogP contribution in [0.5, 0.6) is 0 Å². The van der Waals surface area contributed by atoms with Gasteiger partial charge in [0.05, 0.1) is 5.69 Å². The molecule has 4 rings (SSSR count). The molecule has 2 aromatic carbocycles. The number of hydrogen-bond acceptors (Lipinski definition) is 2. The van der Waals surface area contributed by atoms with E-state index in [1.54, 1.807) is 4.90 Å². The Morgan fingerprint density at radius 3 is 2.50 bits per heavy atom. The van der Waals surface area contributed by atoms with Gasteiger partial charge in [-0.15, -0.1) is 0 Å². The van der Waals surface area contributed by atoms with Gasteiger partial charge in [-0.3, -0.25) is 9.69 Å².